The third-order valence-electron chi connectivity index (χ3n) is 4.08. The van der Waals surface area contributed by atoms with Gasteiger partial charge in [-0.1, -0.05) is 12.8 Å². The highest BCUT2D eigenvalue weighted by Gasteiger charge is 2.54. The molecule has 2 fully saturated rings. The molecule has 0 saturated heterocycles. The van der Waals surface area contributed by atoms with Gasteiger partial charge in [-0.05, 0) is 32.6 Å². The summed E-state index contributed by atoms with van der Waals surface area (Å²) in [5.41, 5.74) is -0.752. The van der Waals surface area contributed by atoms with Crippen LogP contribution >= 0.6 is 0 Å². The van der Waals surface area contributed by atoms with Crippen molar-refractivity contribution in [1.29, 1.82) is 5.26 Å². The quantitative estimate of drug-likeness (QED) is 0.619. The third-order valence-corrected chi connectivity index (χ3v) is 4.08. The second-order valence-electron chi connectivity index (χ2n) is 4.92. The number of fused-ring (bicyclic) bond motifs is 1. The van der Waals surface area contributed by atoms with Gasteiger partial charge in [-0.25, -0.2) is 0 Å². The smallest absolute Gasteiger partial charge is 0.0693 e. The molecule has 0 bridgehead atoms. The van der Waals surface area contributed by atoms with Crippen LogP contribution in [0.25, 0.3) is 0 Å². The van der Waals surface area contributed by atoms with E-state index in [0.717, 1.165) is 25.7 Å². The molecule has 2 heteroatoms. The first-order valence-electron chi connectivity index (χ1n) is 5.24. The largest absolute Gasteiger partial charge is 0.390 e. The van der Waals surface area contributed by atoms with E-state index in [1.165, 1.54) is 12.8 Å². The van der Waals surface area contributed by atoms with Crippen molar-refractivity contribution >= 4 is 0 Å². The fraction of sp³-hybridized carbons (Fsp3) is 0.909. The maximum Gasteiger partial charge on any atom is 0.0693 e. The molecule has 0 aromatic heterocycles. The number of rotatable bonds is 0. The minimum Gasteiger partial charge on any atom is -0.390 e. The third kappa shape index (κ3) is 1.18. The number of hydrogen-bond acceptors (Lipinski definition) is 2. The molecule has 2 nitrogen and oxygen atoms in total. The van der Waals surface area contributed by atoms with Gasteiger partial charge >= 0.3 is 0 Å². The minimum atomic E-state index is -0.573. The minimum absolute atomic E-state index is 0.179. The number of nitriles is 1. The normalized spacial score (nSPS) is 49.8. The highest BCUT2D eigenvalue weighted by Crippen LogP contribution is 2.56. The molecule has 1 N–H and O–H groups in total. The first-order chi connectivity index (χ1) is 6.11. The lowest BCUT2D eigenvalue weighted by Crippen LogP contribution is -2.39. The van der Waals surface area contributed by atoms with E-state index >= 15 is 0 Å². The Morgan fingerprint density at radius 3 is 2.69 bits per heavy atom. The predicted octanol–water partition coefficient (Wildman–Crippen LogP) is 2.23. The monoisotopic (exact) mass is 179 g/mol. The van der Waals surface area contributed by atoms with Gasteiger partial charge in [-0.15, -0.1) is 0 Å². The van der Waals surface area contributed by atoms with E-state index in [4.69, 9.17) is 0 Å². The molecule has 2 aliphatic rings. The van der Waals surface area contributed by atoms with Gasteiger partial charge in [0.25, 0.3) is 0 Å². The van der Waals surface area contributed by atoms with Gasteiger partial charge in [-0.3, -0.25) is 0 Å². The van der Waals surface area contributed by atoms with E-state index in [-0.39, 0.29) is 11.3 Å². The van der Waals surface area contributed by atoms with E-state index in [0.29, 0.717) is 0 Å². The molecule has 3 atom stereocenters. The Labute approximate surface area is 79.6 Å². The van der Waals surface area contributed by atoms with Crippen molar-refractivity contribution < 1.29 is 5.11 Å². The van der Waals surface area contributed by atoms with Crippen molar-refractivity contribution in [3.05, 3.63) is 0 Å². The van der Waals surface area contributed by atoms with Crippen molar-refractivity contribution in [2.75, 3.05) is 0 Å². The molecule has 0 aromatic rings. The van der Waals surface area contributed by atoms with Crippen LogP contribution in [0.15, 0.2) is 0 Å². The molecule has 13 heavy (non-hydrogen) atoms. The highest BCUT2D eigenvalue weighted by molar-refractivity contribution is 5.14. The Hall–Kier alpha value is -0.550. The Balaban J connectivity index is 2.31. The van der Waals surface area contributed by atoms with Crippen LogP contribution in [0.3, 0.4) is 0 Å². The summed E-state index contributed by atoms with van der Waals surface area (Å²) in [5, 5.41) is 19.4. The van der Waals surface area contributed by atoms with Crippen LogP contribution in [0.2, 0.25) is 0 Å². The van der Waals surface area contributed by atoms with Gasteiger partial charge < -0.3 is 5.11 Å². The van der Waals surface area contributed by atoms with Gasteiger partial charge in [0.2, 0.25) is 0 Å². The van der Waals surface area contributed by atoms with Crippen LogP contribution in [-0.4, -0.2) is 10.7 Å². The van der Waals surface area contributed by atoms with Gasteiger partial charge in [0.05, 0.1) is 17.1 Å². The van der Waals surface area contributed by atoms with Crippen LogP contribution in [0.4, 0.5) is 0 Å². The summed E-state index contributed by atoms with van der Waals surface area (Å²) in [4.78, 5) is 0. The van der Waals surface area contributed by atoms with Crippen LogP contribution in [0.1, 0.15) is 45.4 Å². The second kappa shape index (κ2) is 2.72. The van der Waals surface area contributed by atoms with E-state index in [1.54, 1.807) is 0 Å². The molecule has 0 spiro atoms. The topological polar surface area (TPSA) is 44.0 Å². The standard InChI is InChI=1S/C11H17NO/c1-10(13)6-7-11(8-12)5-3-2-4-9(10)11/h9,13H,2-7H2,1H3/t9-,10-,11+/m1/s1. The van der Waals surface area contributed by atoms with Gasteiger partial charge in [0.1, 0.15) is 0 Å². The Bertz CT molecular complexity index is 253. The zero-order valence-corrected chi connectivity index (χ0v) is 8.21. The first kappa shape index (κ1) is 9.02. The average Bonchev–Trinajstić information content (AvgIpc) is 2.41. The van der Waals surface area contributed by atoms with Gasteiger partial charge in [0, 0.05) is 5.92 Å². The predicted molar refractivity (Wildman–Crippen MR) is 49.9 cm³/mol. The van der Waals surface area contributed by atoms with Gasteiger partial charge in [-0.2, -0.15) is 5.26 Å². The molecule has 0 heterocycles. The van der Waals surface area contributed by atoms with E-state index in [2.05, 4.69) is 6.07 Å². The Morgan fingerprint density at radius 2 is 2.08 bits per heavy atom. The lowest BCUT2D eigenvalue weighted by Gasteiger charge is -2.38. The number of hydrogen-bond donors (Lipinski definition) is 1. The highest BCUT2D eigenvalue weighted by atomic mass is 16.3. The van der Waals surface area contributed by atoms with Crippen molar-refractivity contribution in [1.82, 2.24) is 0 Å². The summed E-state index contributed by atoms with van der Waals surface area (Å²) in [7, 11) is 0. The summed E-state index contributed by atoms with van der Waals surface area (Å²) < 4.78 is 0. The van der Waals surface area contributed by atoms with Crippen molar-refractivity contribution in [3.8, 4) is 6.07 Å². The summed E-state index contributed by atoms with van der Waals surface area (Å²) >= 11 is 0. The van der Waals surface area contributed by atoms with Crippen LogP contribution in [-0.2, 0) is 0 Å². The zero-order chi connectivity index (χ0) is 9.53. The fourth-order valence-electron chi connectivity index (χ4n) is 3.28. The molecular weight excluding hydrogens is 162 g/mol. The Morgan fingerprint density at radius 1 is 1.31 bits per heavy atom. The molecule has 2 rings (SSSR count). The SMILES string of the molecule is C[C@@]1(O)CC[C@]2(C#N)CCCC[C@@H]21. The molecule has 0 aliphatic heterocycles. The van der Waals surface area contributed by atoms with Crippen LogP contribution in [0, 0.1) is 22.7 Å². The lowest BCUT2D eigenvalue weighted by molar-refractivity contribution is -0.0161. The lowest BCUT2D eigenvalue weighted by atomic mass is 9.66. The average molecular weight is 179 g/mol. The number of nitrogens with zero attached hydrogens (tertiary/aromatic N) is 1. The summed E-state index contributed by atoms with van der Waals surface area (Å²) in [6, 6.07) is 2.47. The molecule has 2 aliphatic carbocycles. The molecule has 0 amide bonds. The zero-order valence-electron chi connectivity index (χ0n) is 8.21. The van der Waals surface area contributed by atoms with Crippen molar-refractivity contribution in [2.45, 2.75) is 51.0 Å². The molecule has 0 aromatic carbocycles. The molecular formula is C11H17NO. The van der Waals surface area contributed by atoms with Crippen molar-refractivity contribution in [3.63, 3.8) is 0 Å². The van der Waals surface area contributed by atoms with Crippen molar-refractivity contribution in [2.24, 2.45) is 11.3 Å². The van der Waals surface area contributed by atoms with Crippen LogP contribution < -0.4 is 0 Å². The fourth-order valence-corrected chi connectivity index (χ4v) is 3.28. The molecule has 2 saturated carbocycles. The van der Waals surface area contributed by atoms with E-state index in [1.807, 2.05) is 6.92 Å². The first-order valence-corrected chi connectivity index (χ1v) is 5.24. The molecule has 72 valence electrons. The second-order valence-corrected chi connectivity index (χ2v) is 4.92. The van der Waals surface area contributed by atoms with Gasteiger partial charge in [0.15, 0.2) is 0 Å². The van der Waals surface area contributed by atoms with E-state index < -0.39 is 5.60 Å². The maximum absolute atomic E-state index is 10.1. The summed E-state index contributed by atoms with van der Waals surface area (Å²) in [5.74, 6) is 0.235. The maximum atomic E-state index is 10.1. The molecule has 0 radical (unpaired) electrons. The molecule has 0 unspecified atom stereocenters. The Kier molecular flexibility index (Phi) is 1.89. The van der Waals surface area contributed by atoms with Crippen LogP contribution in [0.5, 0.6) is 0 Å². The number of aliphatic hydroxyl groups is 1. The van der Waals surface area contributed by atoms with E-state index in [9.17, 15) is 10.4 Å². The summed E-state index contributed by atoms with van der Waals surface area (Å²) in [6.07, 6.45) is 6.11. The summed E-state index contributed by atoms with van der Waals surface area (Å²) in [6.45, 7) is 1.90.